The zero-order valence-electron chi connectivity index (χ0n) is 17.5. The lowest BCUT2D eigenvalue weighted by Crippen LogP contribution is -2.16. The number of aromatic nitrogens is 3. The lowest BCUT2D eigenvalue weighted by Gasteiger charge is -2.09. The van der Waals surface area contributed by atoms with Crippen LogP contribution in [0.5, 0.6) is 5.75 Å². The summed E-state index contributed by atoms with van der Waals surface area (Å²) in [4.78, 5) is 29.9. The summed E-state index contributed by atoms with van der Waals surface area (Å²) in [5.74, 6) is 0.604. The predicted molar refractivity (Wildman–Crippen MR) is 121 cm³/mol. The summed E-state index contributed by atoms with van der Waals surface area (Å²) in [5, 5.41) is 8.06. The van der Waals surface area contributed by atoms with Gasteiger partial charge in [-0.2, -0.15) is 9.61 Å². The molecule has 4 rings (SSSR count). The number of nitrogens with zero attached hydrogens (tertiary/aromatic N) is 3. The first-order chi connectivity index (χ1) is 14.9. The first kappa shape index (κ1) is 20.7. The van der Waals surface area contributed by atoms with Gasteiger partial charge in [0.25, 0.3) is 11.5 Å². The number of rotatable bonds is 6. The molecule has 1 amide bonds. The first-order valence-electron chi connectivity index (χ1n) is 9.89. The molecule has 0 aliphatic rings. The van der Waals surface area contributed by atoms with Crippen LogP contribution in [0.15, 0.2) is 59.4 Å². The Morgan fingerprint density at radius 1 is 1.16 bits per heavy atom. The number of carbonyl (C=O) groups excluding carboxylic acids is 1. The van der Waals surface area contributed by atoms with E-state index in [4.69, 9.17) is 4.74 Å². The molecule has 158 valence electrons. The normalized spacial score (nSPS) is 11.1. The van der Waals surface area contributed by atoms with Crippen molar-refractivity contribution in [2.45, 2.75) is 33.3 Å². The van der Waals surface area contributed by atoms with Crippen molar-refractivity contribution in [1.29, 1.82) is 0 Å². The minimum absolute atomic E-state index is 0.135. The molecule has 1 N–H and O–H groups in total. The highest BCUT2D eigenvalue weighted by atomic mass is 32.1. The number of carbonyl (C=O) groups is 1. The van der Waals surface area contributed by atoms with Crippen molar-refractivity contribution in [3.63, 3.8) is 0 Å². The number of anilines is 1. The van der Waals surface area contributed by atoms with Crippen molar-refractivity contribution in [3.8, 4) is 5.75 Å². The second kappa shape index (κ2) is 8.69. The maximum absolute atomic E-state index is 12.5. The Morgan fingerprint density at radius 2 is 1.97 bits per heavy atom. The summed E-state index contributed by atoms with van der Waals surface area (Å²) in [6, 6.07) is 15.9. The molecule has 2 aromatic heterocycles. The standard InChI is InChI=1S/C23H22N4O3S/c1-14(2)22-26-27-20(28)12-18(25-23(27)31-22)13-30-19-9-5-8-17(11-19)24-21(29)16-7-4-6-15(3)10-16/h4-12,14H,13H2,1-3H3,(H,24,29). The molecule has 0 fully saturated rings. The number of hydrogen-bond acceptors (Lipinski definition) is 6. The van der Waals surface area contributed by atoms with Gasteiger partial charge in [0.05, 0.1) is 5.69 Å². The molecule has 0 atom stereocenters. The van der Waals surface area contributed by atoms with Crippen molar-refractivity contribution in [3.05, 3.63) is 86.8 Å². The van der Waals surface area contributed by atoms with Crippen LogP contribution in [0.1, 0.15) is 46.4 Å². The van der Waals surface area contributed by atoms with Crippen molar-refractivity contribution in [2.75, 3.05) is 5.32 Å². The number of hydrogen-bond donors (Lipinski definition) is 1. The first-order valence-corrected chi connectivity index (χ1v) is 10.7. The lowest BCUT2D eigenvalue weighted by atomic mass is 10.1. The Morgan fingerprint density at radius 3 is 2.74 bits per heavy atom. The topological polar surface area (TPSA) is 85.6 Å². The quantitative estimate of drug-likeness (QED) is 0.486. The second-order valence-electron chi connectivity index (χ2n) is 7.52. The second-order valence-corrected chi connectivity index (χ2v) is 8.50. The largest absolute Gasteiger partial charge is 0.487 e. The smallest absolute Gasteiger partial charge is 0.275 e. The molecule has 7 nitrogen and oxygen atoms in total. The van der Waals surface area contributed by atoms with Crippen molar-refractivity contribution in [1.82, 2.24) is 14.6 Å². The molecule has 0 radical (unpaired) electrons. The van der Waals surface area contributed by atoms with E-state index < -0.39 is 0 Å². The van der Waals surface area contributed by atoms with Gasteiger partial charge in [0.2, 0.25) is 4.96 Å². The Labute approximate surface area is 183 Å². The van der Waals surface area contributed by atoms with Crippen LogP contribution in [0.4, 0.5) is 5.69 Å². The molecule has 4 aromatic rings. The third-order valence-corrected chi connectivity index (χ3v) is 5.78. The highest BCUT2D eigenvalue weighted by molar-refractivity contribution is 7.16. The van der Waals surface area contributed by atoms with Gasteiger partial charge in [0, 0.05) is 29.3 Å². The van der Waals surface area contributed by atoms with E-state index >= 15 is 0 Å². The highest BCUT2D eigenvalue weighted by Crippen LogP contribution is 2.21. The van der Waals surface area contributed by atoms with Gasteiger partial charge in [-0.3, -0.25) is 9.59 Å². The summed E-state index contributed by atoms with van der Waals surface area (Å²) in [5.41, 5.74) is 2.53. The molecule has 31 heavy (non-hydrogen) atoms. The molecule has 0 aliphatic carbocycles. The minimum Gasteiger partial charge on any atom is -0.487 e. The number of fused-ring (bicyclic) bond motifs is 1. The van der Waals surface area contributed by atoms with E-state index in [9.17, 15) is 9.59 Å². The van der Waals surface area contributed by atoms with Crippen LogP contribution in [0.2, 0.25) is 0 Å². The molecule has 0 aliphatic heterocycles. The number of amides is 1. The third-order valence-electron chi connectivity index (χ3n) is 4.57. The van der Waals surface area contributed by atoms with E-state index in [0.29, 0.717) is 27.7 Å². The van der Waals surface area contributed by atoms with Crippen LogP contribution in [0.25, 0.3) is 4.96 Å². The molecule has 0 saturated heterocycles. The number of nitrogens with one attached hydrogen (secondary N) is 1. The van der Waals surface area contributed by atoms with Gasteiger partial charge in [0.1, 0.15) is 17.4 Å². The van der Waals surface area contributed by atoms with E-state index in [1.807, 2.05) is 39.0 Å². The fourth-order valence-corrected chi connectivity index (χ4v) is 3.91. The minimum atomic E-state index is -0.231. The van der Waals surface area contributed by atoms with Crippen LogP contribution in [-0.4, -0.2) is 20.5 Å². The molecular formula is C23H22N4O3S. The average Bonchev–Trinajstić information content (AvgIpc) is 3.18. The third kappa shape index (κ3) is 4.80. The maximum atomic E-state index is 12.5. The fourth-order valence-electron chi connectivity index (χ4n) is 2.99. The van der Waals surface area contributed by atoms with Gasteiger partial charge in [-0.25, -0.2) is 4.98 Å². The molecular weight excluding hydrogens is 412 g/mol. The molecule has 0 saturated carbocycles. The van der Waals surface area contributed by atoms with E-state index in [2.05, 4.69) is 15.4 Å². The molecule has 0 bridgehead atoms. The van der Waals surface area contributed by atoms with Crippen LogP contribution >= 0.6 is 11.3 Å². The summed E-state index contributed by atoms with van der Waals surface area (Å²) in [6.07, 6.45) is 0. The SMILES string of the molecule is Cc1cccc(C(=O)Nc2cccc(OCc3cc(=O)n4nc(C(C)C)sc4n3)c2)c1. The van der Waals surface area contributed by atoms with Gasteiger partial charge in [-0.15, -0.1) is 0 Å². The number of aryl methyl sites for hydroxylation is 1. The lowest BCUT2D eigenvalue weighted by molar-refractivity contribution is 0.102. The highest BCUT2D eigenvalue weighted by Gasteiger charge is 2.12. The van der Waals surface area contributed by atoms with E-state index in [1.165, 1.54) is 21.9 Å². The number of ether oxygens (including phenoxy) is 1. The van der Waals surface area contributed by atoms with Crippen LogP contribution in [0, 0.1) is 6.92 Å². The van der Waals surface area contributed by atoms with Gasteiger partial charge in [-0.1, -0.05) is 48.9 Å². The van der Waals surface area contributed by atoms with Crippen molar-refractivity contribution < 1.29 is 9.53 Å². The summed E-state index contributed by atoms with van der Waals surface area (Å²) in [7, 11) is 0. The Balaban J connectivity index is 1.47. The van der Waals surface area contributed by atoms with Crippen LogP contribution in [-0.2, 0) is 6.61 Å². The van der Waals surface area contributed by atoms with E-state index in [0.717, 1.165) is 10.6 Å². The average molecular weight is 435 g/mol. The van der Waals surface area contributed by atoms with Gasteiger partial charge in [0.15, 0.2) is 0 Å². The maximum Gasteiger partial charge on any atom is 0.275 e. The molecule has 8 heteroatoms. The summed E-state index contributed by atoms with van der Waals surface area (Å²) in [6.45, 7) is 6.13. The molecule has 0 spiro atoms. The van der Waals surface area contributed by atoms with Crippen molar-refractivity contribution >= 4 is 27.9 Å². The zero-order chi connectivity index (χ0) is 22.0. The van der Waals surface area contributed by atoms with Crippen LogP contribution < -0.4 is 15.6 Å². The van der Waals surface area contributed by atoms with E-state index in [1.54, 1.807) is 30.3 Å². The van der Waals surface area contributed by atoms with Gasteiger partial charge in [-0.05, 0) is 31.2 Å². The summed E-state index contributed by atoms with van der Waals surface area (Å²) < 4.78 is 7.14. The Kier molecular flexibility index (Phi) is 5.81. The monoisotopic (exact) mass is 434 g/mol. The molecule has 0 unspecified atom stereocenters. The summed E-state index contributed by atoms with van der Waals surface area (Å²) >= 11 is 1.40. The van der Waals surface area contributed by atoms with Crippen molar-refractivity contribution in [2.24, 2.45) is 0 Å². The predicted octanol–water partition coefficient (Wildman–Crippen LogP) is 4.41. The Hall–Kier alpha value is -3.52. The van der Waals surface area contributed by atoms with Gasteiger partial charge < -0.3 is 10.1 Å². The molecule has 2 heterocycles. The number of benzene rings is 2. The fraction of sp³-hybridized carbons (Fsp3) is 0.217. The Bertz CT molecular complexity index is 1310. The van der Waals surface area contributed by atoms with E-state index in [-0.39, 0.29) is 24.0 Å². The molecule has 2 aromatic carbocycles. The van der Waals surface area contributed by atoms with Crippen LogP contribution in [0.3, 0.4) is 0 Å². The van der Waals surface area contributed by atoms with Gasteiger partial charge >= 0.3 is 0 Å². The zero-order valence-corrected chi connectivity index (χ0v) is 18.3.